The van der Waals surface area contributed by atoms with Crippen molar-refractivity contribution in [1.82, 2.24) is 0 Å². The second-order valence-electron chi connectivity index (χ2n) is 18.3. The highest BCUT2D eigenvalue weighted by Gasteiger charge is 2.40. The van der Waals surface area contributed by atoms with Crippen LogP contribution in [0.25, 0.3) is 44.2 Å². The van der Waals surface area contributed by atoms with E-state index in [2.05, 4.69) is 170 Å². The van der Waals surface area contributed by atoms with Gasteiger partial charge in [0.1, 0.15) is 0 Å². The Hall–Kier alpha value is -5.40. The van der Waals surface area contributed by atoms with E-state index in [1.54, 1.807) is 5.56 Å². The summed E-state index contributed by atoms with van der Waals surface area (Å²) >= 11 is 0. The molecule has 0 heterocycles. The fourth-order valence-corrected chi connectivity index (χ4v) is 11.8. The highest BCUT2D eigenvalue weighted by Crippen LogP contribution is 2.55. The smallest absolute Gasteiger partial charge is 0.0542 e. The minimum atomic E-state index is -0.125. The molecule has 2 bridgehead atoms. The molecule has 3 fully saturated rings. The summed E-state index contributed by atoms with van der Waals surface area (Å²) in [5.74, 6) is 3.17. The van der Waals surface area contributed by atoms with Crippen LogP contribution in [-0.4, -0.2) is 0 Å². The van der Waals surface area contributed by atoms with E-state index in [1.807, 2.05) is 0 Å². The summed E-state index contributed by atoms with van der Waals surface area (Å²) in [6, 6.07) is 58.1. The highest BCUT2D eigenvalue weighted by molar-refractivity contribution is 6.02. The molecule has 0 aromatic heterocycles. The summed E-state index contributed by atoms with van der Waals surface area (Å²) in [6.07, 6.45) is 12.3. The van der Waals surface area contributed by atoms with Crippen molar-refractivity contribution in [1.29, 1.82) is 0 Å². The van der Waals surface area contributed by atoms with Gasteiger partial charge < -0.3 is 4.90 Å². The van der Waals surface area contributed by atoms with E-state index in [-0.39, 0.29) is 5.41 Å². The van der Waals surface area contributed by atoms with Crippen LogP contribution in [0, 0.1) is 11.8 Å². The van der Waals surface area contributed by atoms with Crippen molar-refractivity contribution in [3.05, 3.63) is 174 Å². The van der Waals surface area contributed by atoms with Gasteiger partial charge in [0, 0.05) is 22.2 Å². The molecule has 1 heteroatoms. The number of rotatable bonds is 7. The Balaban J connectivity index is 1.02. The molecule has 0 amide bonds. The molecule has 3 unspecified atom stereocenters. The lowest BCUT2D eigenvalue weighted by molar-refractivity contribution is 0.420. The largest absolute Gasteiger partial charge is 0.310 e. The van der Waals surface area contributed by atoms with Crippen molar-refractivity contribution in [2.75, 3.05) is 4.90 Å². The van der Waals surface area contributed by atoms with Crippen LogP contribution >= 0.6 is 0 Å². The summed E-state index contributed by atoms with van der Waals surface area (Å²) < 4.78 is 0. The van der Waals surface area contributed by atoms with Gasteiger partial charge in [-0.3, -0.25) is 0 Å². The van der Waals surface area contributed by atoms with Crippen molar-refractivity contribution in [3.63, 3.8) is 0 Å². The monoisotopic (exact) mass is 739 g/mol. The molecule has 3 saturated carbocycles. The first kappa shape index (κ1) is 34.8. The van der Waals surface area contributed by atoms with E-state index in [0.717, 1.165) is 17.8 Å². The molecule has 0 saturated heterocycles. The van der Waals surface area contributed by atoms with E-state index in [0.29, 0.717) is 5.92 Å². The third-order valence-electron chi connectivity index (χ3n) is 14.8. The molecule has 282 valence electrons. The van der Waals surface area contributed by atoms with Crippen molar-refractivity contribution in [2.24, 2.45) is 11.8 Å². The zero-order chi connectivity index (χ0) is 38.1. The van der Waals surface area contributed by atoms with Crippen LogP contribution in [0.4, 0.5) is 17.1 Å². The number of hydrogen-bond donors (Lipinski definition) is 0. The Morgan fingerprint density at radius 1 is 0.509 bits per heavy atom. The molecule has 11 rings (SSSR count). The maximum Gasteiger partial charge on any atom is 0.0542 e. The minimum Gasteiger partial charge on any atom is -0.310 e. The summed E-state index contributed by atoms with van der Waals surface area (Å²) in [5.41, 5.74) is 17.3. The third-order valence-corrected chi connectivity index (χ3v) is 14.8. The lowest BCUT2D eigenvalue weighted by Gasteiger charge is -2.31. The first-order chi connectivity index (χ1) is 28.0. The highest BCUT2D eigenvalue weighted by atomic mass is 15.1. The molecule has 57 heavy (non-hydrogen) atoms. The SMILES string of the molecule is CC1(C)c2ccc(-c3ccc(-c4ccccc4)cc3)cc2-c2ccc(N(c3ccc(C4CC5CCC4C5)cc3)c3cccc4cccc(C5CCCCC5)c34)cc21. The molecule has 0 aliphatic heterocycles. The first-order valence-corrected chi connectivity index (χ1v) is 21.9. The van der Waals surface area contributed by atoms with Crippen LogP contribution in [0.1, 0.15) is 106 Å². The Morgan fingerprint density at radius 3 is 1.95 bits per heavy atom. The number of fused-ring (bicyclic) bond motifs is 6. The number of benzene rings is 7. The molecule has 1 nitrogen and oxygen atoms in total. The van der Waals surface area contributed by atoms with Gasteiger partial charge in [-0.25, -0.2) is 0 Å². The van der Waals surface area contributed by atoms with Gasteiger partial charge in [0.05, 0.1) is 5.69 Å². The van der Waals surface area contributed by atoms with E-state index in [4.69, 9.17) is 0 Å². The van der Waals surface area contributed by atoms with Crippen molar-refractivity contribution in [3.8, 4) is 33.4 Å². The Bertz CT molecular complexity index is 2580. The molecule has 7 aromatic rings. The molecule has 3 atom stereocenters. The average Bonchev–Trinajstić information content (AvgIpc) is 3.97. The predicted octanol–water partition coefficient (Wildman–Crippen LogP) is 15.9. The lowest BCUT2D eigenvalue weighted by Crippen LogP contribution is -2.17. The minimum absolute atomic E-state index is 0.125. The first-order valence-electron chi connectivity index (χ1n) is 21.9. The summed E-state index contributed by atoms with van der Waals surface area (Å²) in [4.78, 5) is 2.60. The molecule has 0 N–H and O–H groups in total. The summed E-state index contributed by atoms with van der Waals surface area (Å²) in [6.45, 7) is 4.84. The lowest BCUT2D eigenvalue weighted by atomic mass is 9.81. The quantitative estimate of drug-likeness (QED) is 0.157. The fraction of sp³-hybridized carbons (Fsp3) is 0.286. The maximum absolute atomic E-state index is 2.60. The number of hydrogen-bond acceptors (Lipinski definition) is 1. The topological polar surface area (TPSA) is 3.24 Å². The molecule has 4 aliphatic rings. The average molecular weight is 740 g/mol. The molecule has 0 spiro atoms. The second-order valence-corrected chi connectivity index (χ2v) is 18.3. The molecule has 4 aliphatic carbocycles. The number of nitrogens with zero attached hydrogens (tertiary/aromatic N) is 1. The zero-order valence-corrected chi connectivity index (χ0v) is 33.6. The normalized spacial score (nSPS) is 20.8. The summed E-state index contributed by atoms with van der Waals surface area (Å²) in [7, 11) is 0. The van der Waals surface area contributed by atoms with E-state index in [9.17, 15) is 0 Å². The van der Waals surface area contributed by atoms with Crippen LogP contribution in [0.3, 0.4) is 0 Å². The fourth-order valence-electron chi connectivity index (χ4n) is 11.8. The van der Waals surface area contributed by atoms with Gasteiger partial charge in [-0.1, -0.05) is 155 Å². The van der Waals surface area contributed by atoms with Crippen LogP contribution in [0.5, 0.6) is 0 Å². The van der Waals surface area contributed by atoms with Gasteiger partial charge in [-0.2, -0.15) is 0 Å². The van der Waals surface area contributed by atoms with Crippen LogP contribution < -0.4 is 4.90 Å². The van der Waals surface area contributed by atoms with Crippen molar-refractivity contribution >= 4 is 27.8 Å². The van der Waals surface area contributed by atoms with Crippen LogP contribution in [-0.2, 0) is 5.41 Å². The summed E-state index contributed by atoms with van der Waals surface area (Å²) in [5, 5.41) is 2.77. The van der Waals surface area contributed by atoms with Gasteiger partial charge in [0.2, 0.25) is 0 Å². The van der Waals surface area contributed by atoms with E-state index in [1.165, 1.54) is 136 Å². The Kier molecular flexibility index (Phi) is 8.50. The van der Waals surface area contributed by atoms with Gasteiger partial charge in [-0.05, 0) is 153 Å². The van der Waals surface area contributed by atoms with Gasteiger partial charge in [0.15, 0.2) is 0 Å². The Labute approximate surface area is 339 Å². The molecule has 7 aromatic carbocycles. The molecule has 0 radical (unpaired) electrons. The second kappa shape index (κ2) is 13.9. The maximum atomic E-state index is 2.60. The standard InChI is InChI=1S/C56H53N/c1-56(2)52-32-27-44(40-23-21-39(22-24-40)38-11-5-3-6-12-38)35-51(52)49-31-30-47(36-53(49)56)57(46-28-25-42(26-29-46)50-34-37-19-20-45(50)33-37)54-18-10-16-43-15-9-17-48(55(43)54)41-13-7-4-8-14-41/h3,5-6,9-12,15-18,21-32,35-37,41,45,50H,4,7-8,13-14,19-20,33-34H2,1-2H3. The van der Waals surface area contributed by atoms with Crippen LogP contribution in [0.15, 0.2) is 152 Å². The van der Waals surface area contributed by atoms with E-state index < -0.39 is 0 Å². The number of anilines is 3. The van der Waals surface area contributed by atoms with E-state index >= 15 is 0 Å². The van der Waals surface area contributed by atoms with Crippen LogP contribution in [0.2, 0.25) is 0 Å². The van der Waals surface area contributed by atoms with Crippen molar-refractivity contribution in [2.45, 2.75) is 88.9 Å². The zero-order valence-electron chi connectivity index (χ0n) is 33.6. The van der Waals surface area contributed by atoms with Crippen molar-refractivity contribution < 1.29 is 0 Å². The Morgan fingerprint density at radius 2 is 1.21 bits per heavy atom. The molecular weight excluding hydrogens is 687 g/mol. The third kappa shape index (κ3) is 5.96. The van der Waals surface area contributed by atoms with Gasteiger partial charge in [-0.15, -0.1) is 0 Å². The predicted molar refractivity (Wildman–Crippen MR) is 241 cm³/mol. The molecular formula is C56H53N. The van der Waals surface area contributed by atoms with Gasteiger partial charge >= 0.3 is 0 Å². The van der Waals surface area contributed by atoms with Gasteiger partial charge in [0.25, 0.3) is 0 Å².